The highest BCUT2D eigenvalue weighted by atomic mass is 19.4. The number of hydrogen-bond acceptors (Lipinski definition) is 0. The first kappa shape index (κ1) is 12.0. The Morgan fingerprint density at radius 3 is 2.24 bits per heavy atom. The van der Waals surface area contributed by atoms with Gasteiger partial charge in [0.1, 0.15) is 0 Å². The van der Waals surface area contributed by atoms with E-state index in [0.717, 1.165) is 11.1 Å². The van der Waals surface area contributed by atoms with Crippen LogP contribution in [0.2, 0.25) is 0 Å². The predicted molar refractivity (Wildman–Crippen MR) is 62.3 cm³/mol. The van der Waals surface area contributed by atoms with Crippen LogP contribution in [0.5, 0.6) is 0 Å². The molecule has 1 aliphatic rings. The van der Waals surface area contributed by atoms with Crippen molar-refractivity contribution in [3.05, 3.63) is 54.1 Å². The summed E-state index contributed by atoms with van der Waals surface area (Å²) in [6, 6.07) is 9.43. The number of rotatable bonds is 1. The number of hydrogen-bond donors (Lipinski definition) is 0. The molecule has 0 amide bonds. The second-order valence-electron chi connectivity index (χ2n) is 4.48. The second-order valence-corrected chi connectivity index (χ2v) is 4.48. The van der Waals surface area contributed by atoms with E-state index >= 15 is 0 Å². The summed E-state index contributed by atoms with van der Waals surface area (Å²) in [6.45, 7) is 1.22. The molecule has 0 spiro atoms. The highest BCUT2D eigenvalue weighted by Gasteiger charge is 2.49. The van der Waals surface area contributed by atoms with Crippen LogP contribution in [0.1, 0.15) is 18.9 Å². The minimum Gasteiger partial charge on any atom is -0.170 e. The van der Waals surface area contributed by atoms with Crippen LogP contribution in [0.3, 0.4) is 0 Å². The van der Waals surface area contributed by atoms with Crippen molar-refractivity contribution in [2.45, 2.75) is 19.5 Å². The molecule has 0 saturated heterocycles. The molecule has 0 bridgehead atoms. The average molecular weight is 238 g/mol. The van der Waals surface area contributed by atoms with Crippen LogP contribution in [0.4, 0.5) is 13.2 Å². The molecular weight excluding hydrogens is 225 g/mol. The molecule has 2 rings (SSSR count). The number of allylic oxidation sites excluding steroid dienone is 4. The zero-order valence-corrected chi connectivity index (χ0v) is 9.46. The van der Waals surface area contributed by atoms with Gasteiger partial charge in [-0.25, -0.2) is 0 Å². The topological polar surface area (TPSA) is 0 Å². The van der Waals surface area contributed by atoms with Gasteiger partial charge in [-0.15, -0.1) is 0 Å². The quantitative estimate of drug-likeness (QED) is 0.670. The van der Waals surface area contributed by atoms with E-state index in [4.69, 9.17) is 0 Å². The number of halogens is 3. The Kier molecular flexibility index (Phi) is 2.86. The van der Waals surface area contributed by atoms with E-state index in [1.165, 1.54) is 13.0 Å². The van der Waals surface area contributed by atoms with Gasteiger partial charge in [0.05, 0.1) is 5.41 Å². The Labute approximate surface area is 98.5 Å². The third-order valence-electron chi connectivity index (χ3n) is 3.13. The fourth-order valence-electron chi connectivity index (χ4n) is 1.79. The van der Waals surface area contributed by atoms with Gasteiger partial charge in [0, 0.05) is 0 Å². The molecule has 0 fully saturated rings. The van der Waals surface area contributed by atoms with E-state index in [1.807, 2.05) is 30.3 Å². The first-order valence-corrected chi connectivity index (χ1v) is 5.44. The van der Waals surface area contributed by atoms with Gasteiger partial charge in [-0.3, -0.25) is 0 Å². The lowest BCUT2D eigenvalue weighted by Gasteiger charge is -2.30. The Hall–Kier alpha value is -1.51. The highest BCUT2D eigenvalue weighted by molar-refractivity contribution is 5.75. The summed E-state index contributed by atoms with van der Waals surface area (Å²) in [5, 5.41) is 0. The van der Waals surface area contributed by atoms with Crippen LogP contribution in [0, 0.1) is 5.41 Å². The number of alkyl halides is 3. The van der Waals surface area contributed by atoms with Crippen molar-refractivity contribution in [3.63, 3.8) is 0 Å². The van der Waals surface area contributed by atoms with Gasteiger partial charge in [-0.1, -0.05) is 48.6 Å². The molecule has 1 aromatic rings. The summed E-state index contributed by atoms with van der Waals surface area (Å²) in [5.74, 6) is 0. The van der Waals surface area contributed by atoms with Crippen LogP contribution in [0.15, 0.2) is 48.6 Å². The van der Waals surface area contributed by atoms with Crippen LogP contribution in [-0.4, -0.2) is 6.18 Å². The molecule has 0 aromatic heterocycles. The molecule has 0 nitrogen and oxygen atoms in total. The first-order valence-electron chi connectivity index (χ1n) is 5.44. The van der Waals surface area contributed by atoms with E-state index in [9.17, 15) is 13.2 Å². The molecular formula is C14H13F3. The van der Waals surface area contributed by atoms with Gasteiger partial charge in [0.15, 0.2) is 0 Å². The van der Waals surface area contributed by atoms with E-state index in [2.05, 4.69) is 0 Å². The predicted octanol–water partition coefficient (Wildman–Crippen LogP) is 4.60. The van der Waals surface area contributed by atoms with Crippen molar-refractivity contribution in [1.29, 1.82) is 0 Å². The molecule has 0 N–H and O–H groups in total. The van der Waals surface area contributed by atoms with Crippen molar-refractivity contribution in [2.24, 2.45) is 5.41 Å². The average Bonchev–Trinajstić information content (AvgIpc) is 2.30. The molecule has 1 unspecified atom stereocenters. The van der Waals surface area contributed by atoms with E-state index < -0.39 is 11.6 Å². The van der Waals surface area contributed by atoms with Crippen LogP contribution in [-0.2, 0) is 0 Å². The highest BCUT2D eigenvalue weighted by Crippen LogP contribution is 2.45. The molecule has 1 aliphatic carbocycles. The maximum atomic E-state index is 12.8. The standard InChI is InChI=1S/C14H13F3/c1-13(14(15,16)17)9-7-12(8-10-13)11-5-3-2-4-6-11/h2-9H,10H2,1H3. The minimum atomic E-state index is -4.19. The molecule has 17 heavy (non-hydrogen) atoms. The van der Waals surface area contributed by atoms with E-state index in [0.29, 0.717) is 0 Å². The van der Waals surface area contributed by atoms with Gasteiger partial charge in [-0.05, 0) is 24.5 Å². The third-order valence-corrected chi connectivity index (χ3v) is 3.13. The fourth-order valence-corrected chi connectivity index (χ4v) is 1.79. The Morgan fingerprint density at radius 1 is 1.12 bits per heavy atom. The van der Waals surface area contributed by atoms with Crippen molar-refractivity contribution < 1.29 is 13.2 Å². The maximum Gasteiger partial charge on any atom is 0.397 e. The Bertz CT molecular complexity index is 454. The Balaban J connectivity index is 2.23. The molecule has 0 heterocycles. The number of benzene rings is 1. The zero-order chi connectivity index (χ0) is 12.5. The lowest BCUT2D eigenvalue weighted by Crippen LogP contribution is -2.33. The first-order chi connectivity index (χ1) is 7.92. The summed E-state index contributed by atoms with van der Waals surface area (Å²) in [5.41, 5.74) is 0.0750. The summed E-state index contributed by atoms with van der Waals surface area (Å²) >= 11 is 0. The minimum absolute atomic E-state index is 0.00275. The third kappa shape index (κ3) is 2.28. The second kappa shape index (κ2) is 4.06. The van der Waals surface area contributed by atoms with E-state index in [-0.39, 0.29) is 6.42 Å². The smallest absolute Gasteiger partial charge is 0.170 e. The monoisotopic (exact) mass is 238 g/mol. The summed E-state index contributed by atoms with van der Waals surface area (Å²) in [6.07, 6.45) is 0.282. The van der Waals surface area contributed by atoms with Crippen LogP contribution in [0.25, 0.3) is 5.57 Å². The summed E-state index contributed by atoms with van der Waals surface area (Å²) in [4.78, 5) is 0. The fraction of sp³-hybridized carbons (Fsp3) is 0.286. The van der Waals surface area contributed by atoms with Crippen molar-refractivity contribution in [3.8, 4) is 0 Å². The maximum absolute atomic E-state index is 12.8. The van der Waals surface area contributed by atoms with Crippen molar-refractivity contribution in [1.82, 2.24) is 0 Å². The van der Waals surface area contributed by atoms with Crippen molar-refractivity contribution in [2.75, 3.05) is 0 Å². The molecule has 1 aromatic carbocycles. The lowest BCUT2D eigenvalue weighted by molar-refractivity contribution is -0.199. The normalized spacial score (nSPS) is 24.6. The van der Waals surface area contributed by atoms with Crippen molar-refractivity contribution >= 4 is 5.57 Å². The largest absolute Gasteiger partial charge is 0.397 e. The molecule has 0 aliphatic heterocycles. The molecule has 90 valence electrons. The Morgan fingerprint density at radius 2 is 1.76 bits per heavy atom. The van der Waals surface area contributed by atoms with Gasteiger partial charge in [-0.2, -0.15) is 13.2 Å². The molecule has 0 saturated carbocycles. The van der Waals surface area contributed by atoms with Gasteiger partial charge in [0.25, 0.3) is 0 Å². The van der Waals surface area contributed by atoms with E-state index in [1.54, 1.807) is 12.2 Å². The zero-order valence-electron chi connectivity index (χ0n) is 9.46. The van der Waals surface area contributed by atoms with Gasteiger partial charge in [0.2, 0.25) is 0 Å². The van der Waals surface area contributed by atoms with Crippen LogP contribution < -0.4 is 0 Å². The van der Waals surface area contributed by atoms with Crippen LogP contribution >= 0.6 is 0 Å². The van der Waals surface area contributed by atoms with Gasteiger partial charge < -0.3 is 0 Å². The lowest BCUT2D eigenvalue weighted by atomic mass is 9.80. The SMILES string of the molecule is CC1(C(F)(F)F)C=CC(c2ccccc2)=CC1. The molecule has 1 atom stereocenters. The summed E-state index contributed by atoms with van der Waals surface area (Å²) in [7, 11) is 0. The molecule has 0 radical (unpaired) electrons. The summed E-state index contributed by atoms with van der Waals surface area (Å²) < 4.78 is 38.3. The van der Waals surface area contributed by atoms with Gasteiger partial charge >= 0.3 is 6.18 Å². The molecule has 3 heteroatoms.